The largest absolute Gasteiger partial charge is 0.481 e. The van der Waals surface area contributed by atoms with E-state index in [0.29, 0.717) is 13.0 Å². The molecule has 1 fully saturated rings. The first-order valence-corrected chi connectivity index (χ1v) is 11.2. The van der Waals surface area contributed by atoms with Gasteiger partial charge in [0, 0.05) is 19.0 Å². The molecule has 2 aliphatic rings. The van der Waals surface area contributed by atoms with Crippen molar-refractivity contribution in [1.29, 1.82) is 0 Å². The number of nitrogens with zero attached hydrogens (tertiary/aromatic N) is 1. The number of carbonyl (C=O) groups excluding carboxylic acids is 3. The van der Waals surface area contributed by atoms with Crippen molar-refractivity contribution in [2.45, 2.75) is 19.3 Å². The van der Waals surface area contributed by atoms with Crippen LogP contribution in [0, 0.1) is 5.41 Å². The van der Waals surface area contributed by atoms with Crippen LogP contribution in [-0.2, 0) is 19.1 Å². The fourth-order valence-electron chi connectivity index (χ4n) is 4.50. The van der Waals surface area contributed by atoms with E-state index in [4.69, 9.17) is 4.74 Å². The van der Waals surface area contributed by atoms with Crippen molar-refractivity contribution in [3.05, 3.63) is 59.7 Å². The topological polar surface area (TPSA) is 125 Å². The Morgan fingerprint density at radius 2 is 1.62 bits per heavy atom. The van der Waals surface area contributed by atoms with Crippen LogP contribution in [-0.4, -0.2) is 66.7 Å². The molecule has 2 aromatic carbocycles. The van der Waals surface area contributed by atoms with Crippen LogP contribution in [0.3, 0.4) is 0 Å². The predicted molar refractivity (Wildman–Crippen MR) is 123 cm³/mol. The average Bonchev–Trinajstić information content (AvgIpc) is 3.39. The van der Waals surface area contributed by atoms with Crippen molar-refractivity contribution in [3.8, 4) is 11.1 Å². The highest BCUT2D eigenvalue weighted by molar-refractivity contribution is 5.88. The first-order chi connectivity index (χ1) is 16.3. The minimum Gasteiger partial charge on any atom is -0.481 e. The molecule has 0 saturated carbocycles. The van der Waals surface area contributed by atoms with Gasteiger partial charge in [0.15, 0.2) is 0 Å². The van der Waals surface area contributed by atoms with E-state index in [9.17, 15) is 24.3 Å². The van der Waals surface area contributed by atoms with Gasteiger partial charge < -0.3 is 25.4 Å². The number of aliphatic carboxylic acids is 1. The van der Waals surface area contributed by atoms with Crippen LogP contribution in [0.15, 0.2) is 48.5 Å². The first-order valence-electron chi connectivity index (χ1n) is 11.2. The lowest BCUT2D eigenvalue weighted by Crippen LogP contribution is -2.44. The highest BCUT2D eigenvalue weighted by Crippen LogP contribution is 2.44. The molecule has 1 unspecified atom stereocenters. The number of amides is 3. The summed E-state index contributed by atoms with van der Waals surface area (Å²) in [5, 5.41) is 14.1. The van der Waals surface area contributed by atoms with E-state index in [0.717, 1.165) is 22.3 Å². The summed E-state index contributed by atoms with van der Waals surface area (Å²) in [6.07, 6.45) is -0.356. The third-order valence-electron chi connectivity index (χ3n) is 6.52. The van der Waals surface area contributed by atoms with Crippen molar-refractivity contribution >= 4 is 23.9 Å². The number of rotatable bonds is 7. The molecule has 178 valence electrons. The molecule has 9 nitrogen and oxygen atoms in total. The summed E-state index contributed by atoms with van der Waals surface area (Å²) in [6, 6.07) is 16.0. The standard InChI is InChI=1S/C25H27N3O6/c1-25(23(31)32)10-11-28(15-25)22(30)13-26-21(29)12-27-24(33)34-14-20-18-8-4-2-6-16(18)17-7-3-5-9-19(17)20/h2-9,20H,10-15H2,1H3,(H,26,29)(H,27,33)(H,31,32). The Morgan fingerprint density at radius 3 is 2.21 bits per heavy atom. The number of carbonyl (C=O) groups is 4. The summed E-state index contributed by atoms with van der Waals surface area (Å²) in [5.74, 6) is -1.93. The number of carboxylic acid groups (broad SMARTS) is 1. The monoisotopic (exact) mass is 465 g/mol. The first kappa shape index (κ1) is 23.3. The number of alkyl carbamates (subject to hydrolysis) is 1. The number of likely N-dealkylation sites (tertiary alicyclic amines) is 1. The summed E-state index contributed by atoms with van der Waals surface area (Å²) in [7, 11) is 0. The number of benzene rings is 2. The minimum absolute atomic E-state index is 0.0819. The van der Waals surface area contributed by atoms with Gasteiger partial charge >= 0.3 is 12.1 Å². The lowest BCUT2D eigenvalue weighted by atomic mass is 9.90. The van der Waals surface area contributed by atoms with E-state index in [1.807, 2.05) is 48.5 Å². The third-order valence-corrected chi connectivity index (χ3v) is 6.52. The number of fused-ring (bicyclic) bond motifs is 3. The van der Waals surface area contributed by atoms with Crippen molar-refractivity contribution < 1.29 is 29.0 Å². The van der Waals surface area contributed by atoms with Crippen molar-refractivity contribution in [2.24, 2.45) is 5.41 Å². The van der Waals surface area contributed by atoms with Crippen LogP contribution in [0.1, 0.15) is 30.4 Å². The Bertz CT molecular complexity index is 1090. The van der Waals surface area contributed by atoms with Gasteiger partial charge in [-0.1, -0.05) is 48.5 Å². The number of carboxylic acids is 1. The second kappa shape index (κ2) is 9.54. The maximum absolute atomic E-state index is 12.3. The van der Waals surface area contributed by atoms with E-state index in [1.165, 1.54) is 4.90 Å². The van der Waals surface area contributed by atoms with Crippen LogP contribution in [0.4, 0.5) is 4.79 Å². The number of hydrogen-bond donors (Lipinski definition) is 3. The van der Waals surface area contributed by atoms with E-state index in [2.05, 4.69) is 10.6 Å². The highest BCUT2D eigenvalue weighted by atomic mass is 16.5. The van der Waals surface area contributed by atoms with Crippen molar-refractivity contribution in [3.63, 3.8) is 0 Å². The maximum atomic E-state index is 12.3. The Balaban J connectivity index is 1.21. The zero-order valence-corrected chi connectivity index (χ0v) is 18.9. The molecule has 3 N–H and O–H groups in total. The SMILES string of the molecule is CC1(C(=O)O)CCN(C(=O)CNC(=O)CNC(=O)OCC2c3ccccc3-c3ccccc32)C1. The molecule has 1 aliphatic heterocycles. The zero-order chi connectivity index (χ0) is 24.3. The summed E-state index contributed by atoms with van der Waals surface area (Å²) in [4.78, 5) is 49.2. The number of nitrogens with one attached hydrogen (secondary N) is 2. The molecule has 34 heavy (non-hydrogen) atoms. The lowest BCUT2D eigenvalue weighted by molar-refractivity contribution is -0.147. The molecule has 4 rings (SSSR count). The van der Waals surface area contributed by atoms with Crippen LogP contribution < -0.4 is 10.6 Å². The molecule has 9 heteroatoms. The van der Waals surface area contributed by atoms with Gasteiger partial charge in [-0.2, -0.15) is 0 Å². The molecule has 1 aliphatic carbocycles. The Hall–Kier alpha value is -3.88. The van der Waals surface area contributed by atoms with Crippen molar-refractivity contribution in [2.75, 3.05) is 32.8 Å². The zero-order valence-electron chi connectivity index (χ0n) is 18.9. The van der Waals surface area contributed by atoms with Crippen LogP contribution in [0.2, 0.25) is 0 Å². The van der Waals surface area contributed by atoms with Gasteiger partial charge in [0.25, 0.3) is 0 Å². The minimum atomic E-state index is -0.967. The summed E-state index contributed by atoms with van der Waals surface area (Å²) >= 11 is 0. The molecule has 1 heterocycles. The second-order valence-corrected chi connectivity index (χ2v) is 8.89. The highest BCUT2D eigenvalue weighted by Gasteiger charge is 2.42. The van der Waals surface area contributed by atoms with Gasteiger partial charge in [-0.25, -0.2) is 4.79 Å². The normalized spacial score (nSPS) is 18.7. The van der Waals surface area contributed by atoms with Gasteiger partial charge in [-0.05, 0) is 35.6 Å². The molecule has 0 radical (unpaired) electrons. The fraction of sp³-hybridized carbons (Fsp3) is 0.360. The van der Waals surface area contributed by atoms with Crippen LogP contribution >= 0.6 is 0 Å². The number of ether oxygens (including phenoxy) is 1. The van der Waals surface area contributed by atoms with Gasteiger partial charge in [-0.3, -0.25) is 14.4 Å². The quantitative estimate of drug-likeness (QED) is 0.574. The molecular formula is C25H27N3O6. The smallest absolute Gasteiger partial charge is 0.407 e. The Labute approximate surface area is 197 Å². The van der Waals surface area contributed by atoms with E-state index < -0.39 is 23.4 Å². The summed E-state index contributed by atoms with van der Waals surface area (Å²) < 4.78 is 5.38. The molecule has 0 bridgehead atoms. The molecule has 0 spiro atoms. The van der Waals surface area contributed by atoms with E-state index in [1.54, 1.807) is 6.92 Å². The molecule has 3 amide bonds. The Morgan fingerprint density at radius 1 is 1.00 bits per heavy atom. The number of hydrogen-bond acceptors (Lipinski definition) is 5. The molecular weight excluding hydrogens is 438 g/mol. The van der Waals surface area contributed by atoms with Crippen molar-refractivity contribution in [1.82, 2.24) is 15.5 Å². The molecule has 1 saturated heterocycles. The van der Waals surface area contributed by atoms with Crippen LogP contribution in [0.25, 0.3) is 11.1 Å². The molecule has 1 atom stereocenters. The lowest BCUT2D eigenvalue weighted by Gasteiger charge is -2.20. The Kier molecular flexibility index (Phi) is 6.54. The fourth-order valence-corrected chi connectivity index (χ4v) is 4.50. The maximum Gasteiger partial charge on any atom is 0.407 e. The predicted octanol–water partition coefficient (Wildman–Crippen LogP) is 1.96. The van der Waals surface area contributed by atoms with Gasteiger partial charge in [0.05, 0.1) is 12.0 Å². The second-order valence-electron chi connectivity index (χ2n) is 8.89. The summed E-state index contributed by atoms with van der Waals surface area (Å²) in [5.41, 5.74) is 3.46. The van der Waals surface area contributed by atoms with Gasteiger partial charge in [0.2, 0.25) is 11.8 Å². The van der Waals surface area contributed by atoms with Gasteiger partial charge in [0.1, 0.15) is 13.2 Å². The third kappa shape index (κ3) is 4.73. The van der Waals surface area contributed by atoms with Gasteiger partial charge in [-0.15, -0.1) is 0 Å². The van der Waals surface area contributed by atoms with E-state index in [-0.39, 0.29) is 38.1 Å². The average molecular weight is 466 g/mol. The van der Waals surface area contributed by atoms with Crippen LogP contribution in [0.5, 0.6) is 0 Å². The molecule has 0 aromatic heterocycles. The van der Waals surface area contributed by atoms with E-state index >= 15 is 0 Å². The molecule has 2 aromatic rings. The summed E-state index contributed by atoms with van der Waals surface area (Å²) in [6.45, 7) is 1.57.